The van der Waals surface area contributed by atoms with Crippen LogP contribution in [-0.4, -0.2) is 15.7 Å². The van der Waals surface area contributed by atoms with E-state index in [4.69, 9.17) is 10.4 Å². The number of hydrogen-bond donors (Lipinski definition) is 0. The van der Waals surface area contributed by atoms with Gasteiger partial charge in [-0.3, -0.25) is 0 Å². The first-order chi connectivity index (χ1) is 11.8. The molecule has 0 fully saturated rings. The molecule has 0 spiro atoms. The van der Waals surface area contributed by atoms with Crippen molar-refractivity contribution >= 4 is 23.0 Å². The van der Waals surface area contributed by atoms with E-state index in [1.807, 2.05) is 35.3 Å². The second-order valence-corrected chi connectivity index (χ2v) is 6.34. The van der Waals surface area contributed by atoms with Gasteiger partial charge in [0.25, 0.3) is 0 Å². The zero-order valence-electron chi connectivity index (χ0n) is 12.7. The largest absolute Gasteiger partial charge is 0.246 e. The van der Waals surface area contributed by atoms with Crippen LogP contribution < -0.4 is 5.01 Å². The molecule has 0 saturated carbocycles. The summed E-state index contributed by atoms with van der Waals surface area (Å²) in [6.07, 6.45) is 4.23. The number of rotatable bonds is 3. The Bertz CT molecular complexity index is 895. The van der Waals surface area contributed by atoms with Crippen LogP contribution in [0.15, 0.2) is 65.3 Å². The van der Waals surface area contributed by atoms with Crippen LogP contribution in [-0.2, 0) is 0 Å². The second-order valence-electron chi connectivity index (χ2n) is 5.36. The van der Waals surface area contributed by atoms with Crippen molar-refractivity contribution in [3.05, 3.63) is 76.2 Å². The van der Waals surface area contributed by atoms with Crippen molar-refractivity contribution in [2.75, 3.05) is 5.01 Å². The molecule has 5 nitrogen and oxygen atoms in total. The van der Waals surface area contributed by atoms with Crippen LogP contribution in [0.5, 0.6) is 0 Å². The van der Waals surface area contributed by atoms with E-state index in [0.717, 1.165) is 17.7 Å². The molecule has 0 saturated heterocycles. The van der Waals surface area contributed by atoms with Crippen molar-refractivity contribution in [3.8, 4) is 6.07 Å². The van der Waals surface area contributed by atoms with Gasteiger partial charge in [0.15, 0.2) is 0 Å². The van der Waals surface area contributed by atoms with Crippen LogP contribution in [0.3, 0.4) is 0 Å². The summed E-state index contributed by atoms with van der Waals surface area (Å²) in [4.78, 5) is 9.92. The summed E-state index contributed by atoms with van der Waals surface area (Å²) in [6, 6.07) is 15.7. The van der Waals surface area contributed by atoms with Crippen LogP contribution in [0.1, 0.15) is 28.5 Å². The normalized spacial score (nSPS) is 16.7. The van der Waals surface area contributed by atoms with E-state index in [9.17, 15) is 0 Å². The zero-order chi connectivity index (χ0) is 16.4. The number of aromatic nitrogens is 2. The van der Waals surface area contributed by atoms with Gasteiger partial charge in [-0.1, -0.05) is 18.2 Å². The van der Waals surface area contributed by atoms with Gasteiger partial charge >= 0.3 is 0 Å². The first kappa shape index (κ1) is 14.5. The summed E-state index contributed by atoms with van der Waals surface area (Å²) >= 11 is 1.71. The van der Waals surface area contributed by atoms with E-state index in [1.165, 1.54) is 4.88 Å². The molecular formula is C18H13N5S. The maximum Gasteiger partial charge on any atom is 0.246 e. The standard InChI is InChI=1S/C18H13N5S/c19-12-13-4-6-14(7-5-13)15-11-16(17-3-1-10-24-17)23(22-15)18-20-8-2-9-21-18/h1-10,16H,11H2. The average molecular weight is 331 g/mol. The molecule has 0 N–H and O–H groups in total. The Morgan fingerprint density at radius 1 is 1.08 bits per heavy atom. The molecule has 1 aliphatic rings. The Balaban J connectivity index is 1.72. The molecule has 3 aromatic rings. The lowest BCUT2D eigenvalue weighted by Gasteiger charge is -2.19. The van der Waals surface area contributed by atoms with Gasteiger partial charge in [-0.25, -0.2) is 15.0 Å². The van der Waals surface area contributed by atoms with Crippen LogP contribution in [0.25, 0.3) is 0 Å². The summed E-state index contributed by atoms with van der Waals surface area (Å²) in [7, 11) is 0. The third-order valence-corrected chi connectivity index (χ3v) is 4.86. The maximum absolute atomic E-state index is 8.95. The number of anilines is 1. The fourth-order valence-electron chi connectivity index (χ4n) is 2.72. The SMILES string of the molecule is N#Cc1ccc(C2=NN(c3ncccn3)C(c3cccs3)C2)cc1. The lowest BCUT2D eigenvalue weighted by molar-refractivity contribution is 0.698. The quantitative estimate of drug-likeness (QED) is 0.733. The van der Waals surface area contributed by atoms with Gasteiger partial charge in [0, 0.05) is 23.7 Å². The molecule has 1 atom stereocenters. The third-order valence-electron chi connectivity index (χ3n) is 3.89. The zero-order valence-corrected chi connectivity index (χ0v) is 13.5. The molecule has 24 heavy (non-hydrogen) atoms. The lowest BCUT2D eigenvalue weighted by Crippen LogP contribution is -2.19. The van der Waals surface area contributed by atoms with E-state index < -0.39 is 0 Å². The van der Waals surface area contributed by atoms with Crippen molar-refractivity contribution in [3.63, 3.8) is 0 Å². The molecule has 4 rings (SSSR count). The molecule has 0 aliphatic carbocycles. The van der Waals surface area contributed by atoms with Crippen molar-refractivity contribution in [1.29, 1.82) is 5.26 Å². The fourth-order valence-corrected chi connectivity index (χ4v) is 3.53. The molecular weight excluding hydrogens is 318 g/mol. The Kier molecular flexibility index (Phi) is 3.77. The van der Waals surface area contributed by atoms with E-state index in [-0.39, 0.29) is 6.04 Å². The van der Waals surface area contributed by atoms with Gasteiger partial charge in [-0.05, 0) is 35.2 Å². The predicted molar refractivity (Wildman–Crippen MR) is 93.9 cm³/mol. The first-order valence-corrected chi connectivity index (χ1v) is 8.41. The number of hydrazone groups is 1. The van der Waals surface area contributed by atoms with Crippen LogP contribution >= 0.6 is 11.3 Å². The first-order valence-electron chi connectivity index (χ1n) is 7.53. The molecule has 1 aliphatic heterocycles. The van der Waals surface area contributed by atoms with Crippen LogP contribution in [0, 0.1) is 11.3 Å². The van der Waals surface area contributed by atoms with Gasteiger partial charge in [-0.2, -0.15) is 10.4 Å². The third kappa shape index (κ3) is 2.66. The van der Waals surface area contributed by atoms with E-state index in [2.05, 4.69) is 27.5 Å². The smallest absolute Gasteiger partial charge is 0.223 e. The highest BCUT2D eigenvalue weighted by molar-refractivity contribution is 7.10. The number of thiophene rings is 1. The highest BCUT2D eigenvalue weighted by Crippen LogP contribution is 2.36. The van der Waals surface area contributed by atoms with E-state index in [1.54, 1.807) is 29.8 Å². The average Bonchev–Trinajstić information content (AvgIpc) is 3.32. The molecule has 1 unspecified atom stereocenters. The number of benzene rings is 1. The van der Waals surface area contributed by atoms with Gasteiger partial charge in [0.05, 0.1) is 23.4 Å². The topological polar surface area (TPSA) is 65.2 Å². The monoisotopic (exact) mass is 331 g/mol. The summed E-state index contributed by atoms with van der Waals surface area (Å²) in [5.74, 6) is 0.597. The van der Waals surface area contributed by atoms with Crippen LogP contribution in [0.4, 0.5) is 5.95 Å². The van der Waals surface area contributed by atoms with Crippen LogP contribution in [0.2, 0.25) is 0 Å². The van der Waals surface area contributed by atoms with Gasteiger partial charge < -0.3 is 0 Å². The van der Waals surface area contributed by atoms with Gasteiger partial charge in [0.1, 0.15) is 0 Å². The molecule has 1 aromatic carbocycles. The van der Waals surface area contributed by atoms with E-state index >= 15 is 0 Å². The highest BCUT2D eigenvalue weighted by Gasteiger charge is 2.31. The molecule has 116 valence electrons. The van der Waals surface area contributed by atoms with Crippen molar-refractivity contribution in [1.82, 2.24) is 9.97 Å². The Hall–Kier alpha value is -3.04. The predicted octanol–water partition coefficient (Wildman–Crippen LogP) is 3.77. The minimum absolute atomic E-state index is 0.0954. The van der Waals surface area contributed by atoms with Crippen molar-refractivity contribution in [2.45, 2.75) is 12.5 Å². The minimum atomic E-state index is 0.0954. The maximum atomic E-state index is 8.95. The Morgan fingerprint density at radius 2 is 1.88 bits per heavy atom. The molecule has 3 heterocycles. The molecule has 6 heteroatoms. The molecule has 0 radical (unpaired) electrons. The number of nitriles is 1. The van der Waals surface area contributed by atoms with E-state index in [0.29, 0.717) is 11.5 Å². The van der Waals surface area contributed by atoms with Gasteiger partial charge in [-0.15, -0.1) is 11.3 Å². The second kappa shape index (κ2) is 6.22. The van der Waals surface area contributed by atoms with Gasteiger partial charge in [0.2, 0.25) is 5.95 Å². The summed E-state index contributed by atoms with van der Waals surface area (Å²) in [5.41, 5.74) is 2.65. The van der Waals surface area contributed by atoms with Crippen molar-refractivity contribution < 1.29 is 0 Å². The van der Waals surface area contributed by atoms with Crippen molar-refractivity contribution in [2.24, 2.45) is 5.10 Å². The molecule has 0 bridgehead atoms. The highest BCUT2D eigenvalue weighted by atomic mass is 32.1. The summed E-state index contributed by atoms with van der Waals surface area (Å²) in [5, 5.41) is 17.7. The lowest BCUT2D eigenvalue weighted by atomic mass is 10.0. The molecule has 0 amide bonds. The fraction of sp³-hybridized carbons (Fsp3) is 0.111. The number of nitrogens with zero attached hydrogens (tertiary/aromatic N) is 5. The summed E-state index contributed by atoms with van der Waals surface area (Å²) < 4.78 is 0. The Labute approximate surface area is 143 Å². The summed E-state index contributed by atoms with van der Waals surface area (Å²) in [6.45, 7) is 0. The Morgan fingerprint density at radius 3 is 2.54 bits per heavy atom. The minimum Gasteiger partial charge on any atom is -0.223 e. The number of hydrogen-bond acceptors (Lipinski definition) is 6. The molecule has 2 aromatic heterocycles.